The van der Waals surface area contributed by atoms with Gasteiger partial charge in [0.15, 0.2) is 11.5 Å². The Labute approximate surface area is 130 Å². The van der Waals surface area contributed by atoms with Gasteiger partial charge in [-0.2, -0.15) is 0 Å². The standard InChI is InChI=1S/C18H31NO2/c1-7-15-10-11-16(17(13-15)20-6)21-14(2)9-8-12-19-18(3,4)5/h10-11,13-14,19H,7-9,12H2,1-6H3. The summed E-state index contributed by atoms with van der Waals surface area (Å²) < 4.78 is 11.4. The molecule has 1 rings (SSSR count). The highest BCUT2D eigenvalue weighted by molar-refractivity contribution is 5.43. The highest BCUT2D eigenvalue weighted by atomic mass is 16.5. The van der Waals surface area contributed by atoms with Crippen LogP contribution in [0.5, 0.6) is 11.5 Å². The highest BCUT2D eigenvalue weighted by Crippen LogP contribution is 2.29. The van der Waals surface area contributed by atoms with E-state index in [0.29, 0.717) is 0 Å². The Morgan fingerprint density at radius 2 is 1.90 bits per heavy atom. The molecule has 0 bridgehead atoms. The van der Waals surface area contributed by atoms with Crippen molar-refractivity contribution in [2.75, 3.05) is 13.7 Å². The summed E-state index contributed by atoms with van der Waals surface area (Å²) >= 11 is 0. The topological polar surface area (TPSA) is 30.5 Å². The van der Waals surface area contributed by atoms with E-state index in [-0.39, 0.29) is 11.6 Å². The van der Waals surface area contributed by atoms with Gasteiger partial charge >= 0.3 is 0 Å². The first-order valence-corrected chi connectivity index (χ1v) is 7.94. The molecule has 0 aromatic heterocycles. The molecule has 0 saturated carbocycles. The zero-order chi connectivity index (χ0) is 15.9. The first kappa shape index (κ1) is 17.8. The third-order valence-electron chi connectivity index (χ3n) is 3.41. The van der Waals surface area contributed by atoms with Crippen LogP contribution < -0.4 is 14.8 Å². The number of methoxy groups -OCH3 is 1. The van der Waals surface area contributed by atoms with E-state index < -0.39 is 0 Å². The van der Waals surface area contributed by atoms with Gasteiger partial charge in [-0.3, -0.25) is 0 Å². The fraction of sp³-hybridized carbons (Fsp3) is 0.667. The number of hydrogen-bond donors (Lipinski definition) is 1. The summed E-state index contributed by atoms with van der Waals surface area (Å²) in [7, 11) is 1.69. The molecule has 0 radical (unpaired) electrons. The highest BCUT2D eigenvalue weighted by Gasteiger charge is 2.11. The molecule has 1 N–H and O–H groups in total. The second kappa shape index (κ2) is 8.28. The third-order valence-corrected chi connectivity index (χ3v) is 3.41. The van der Waals surface area contributed by atoms with Crippen LogP contribution in [0.15, 0.2) is 18.2 Å². The van der Waals surface area contributed by atoms with Gasteiger partial charge in [0.05, 0.1) is 13.2 Å². The van der Waals surface area contributed by atoms with E-state index in [9.17, 15) is 0 Å². The molecule has 0 aliphatic carbocycles. The summed E-state index contributed by atoms with van der Waals surface area (Å²) in [5.41, 5.74) is 1.45. The number of rotatable bonds is 8. The van der Waals surface area contributed by atoms with Crippen LogP contribution in [0.4, 0.5) is 0 Å². The van der Waals surface area contributed by atoms with Gasteiger partial charge in [-0.25, -0.2) is 0 Å². The zero-order valence-electron chi connectivity index (χ0n) is 14.5. The van der Waals surface area contributed by atoms with Crippen molar-refractivity contribution in [1.82, 2.24) is 5.32 Å². The van der Waals surface area contributed by atoms with Gasteiger partial charge in [-0.1, -0.05) is 13.0 Å². The molecule has 1 atom stereocenters. The van der Waals surface area contributed by atoms with Crippen LogP contribution >= 0.6 is 0 Å². The van der Waals surface area contributed by atoms with Gasteiger partial charge in [-0.15, -0.1) is 0 Å². The Hall–Kier alpha value is -1.22. The fourth-order valence-corrected chi connectivity index (χ4v) is 2.16. The minimum atomic E-state index is 0.184. The van der Waals surface area contributed by atoms with Crippen molar-refractivity contribution in [3.05, 3.63) is 23.8 Å². The minimum Gasteiger partial charge on any atom is -0.493 e. The first-order chi connectivity index (χ1) is 9.85. The molecule has 0 spiro atoms. The van der Waals surface area contributed by atoms with E-state index in [4.69, 9.17) is 9.47 Å². The molecule has 3 nitrogen and oxygen atoms in total. The number of aryl methyl sites for hydroxylation is 1. The largest absolute Gasteiger partial charge is 0.493 e. The molecular formula is C18H31NO2. The van der Waals surface area contributed by atoms with Crippen LogP contribution in [0.2, 0.25) is 0 Å². The number of nitrogens with one attached hydrogen (secondary N) is 1. The molecule has 1 aromatic rings. The maximum atomic E-state index is 6.02. The molecule has 0 fully saturated rings. The van der Waals surface area contributed by atoms with Gasteiger partial charge in [0.1, 0.15) is 0 Å². The third kappa shape index (κ3) is 6.85. The second-order valence-electron chi connectivity index (χ2n) is 6.59. The summed E-state index contributed by atoms with van der Waals surface area (Å²) in [6, 6.07) is 6.18. The van der Waals surface area contributed by atoms with Crippen molar-refractivity contribution in [2.24, 2.45) is 0 Å². The van der Waals surface area contributed by atoms with E-state index >= 15 is 0 Å². The van der Waals surface area contributed by atoms with Crippen LogP contribution in [-0.2, 0) is 6.42 Å². The molecule has 1 unspecified atom stereocenters. The summed E-state index contributed by atoms with van der Waals surface area (Å²) in [5.74, 6) is 1.67. The Morgan fingerprint density at radius 1 is 1.19 bits per heavy atom. The minimum absolute atomic E-state index is 0.184. The van der Waals surface area contributed by atoms with E-state index in [2.05, 4.69) is 52.1 Å². The molecule has 120 valence electrons. The normalized spacial score (nSPS) is 13.0. The van der Waals surface area contributed by atoms with Crippen LogP contribution in [0, 0.1) is 0 Å². The van der Waals surface area contributed by atoms with Gasteiger partial charge in [0.2, 0.25) is 0 Å². The lowest BCUT2D eigenvalue weighted by Crippen LogP contribution is -2.36. The van der Waals surface area contributed by atoms with Crippen molar-refractivity contribution in [1.29, 1.82) is 0 Å². The van der Waals surface area contributed by atoms with E-state index in [1.54, 1.807) is 7.11 Å². The average Bonchev–Trinajstić information content (AvgIpc) is 2.43. The van der Waals surface area contributed by atoms with E-state index in [1.807, 2.05) is 6.07 Å². The molecule has 0 saturated heterocycles. The fourth-order valence-electron chi connectivity index (χ4n) is 2.16. The van der Waals surface area contributed by atoms with Gasteiger partial charge in [0, 0.05) is 5.54 Å². The maximum absolute atomic E-state index is 6.02. The second-order valence-corrected chi connectivity index (χ2v) is 6.59. The molecule has 0 amide bonds. The van der Waals surface area contributed by atoms with Gasteiger partial charge in [0.25, 0.3) is 0 Å². The summed E-state index contributed by atoms with van der Waals surface area (Å²) in [6.07, 6.45) is 3.33. The molecule has 0 heterocycles. The van der Waals surface area contributed by atoms with E-state index in [1.165, 1.54) is 5.56 Å². The summed E-state index contributed by atoms with van der Waals surface area (Å²) in [6.45, 7) is 11.8. The van der Waals surface area contributed by atoms with Crippen molar-refractivity contribution in [3.63, 3.8) is 0 Å². The van der Waals surface area contributed by atoms with Crippen molar-refractivity contribution >= 4 is 0 Å². The zero-order valence-corrected chi connectivity index (χ0v) is 14.5. The smallest absolute Gasteiger partial charge is 0.161 e. The lowest BCUT2D eigenvalue weighted by atomic mass is 10.1. The van der Waals surface area contributed by atoms with Crippen molar-refractivity contribution < 1.29 is 9.47 Å². The molecule has 1 aromatic carbocycles. The van der Waals surface area contributed by atoms with Crippen LogP contribution in [0.25, 0.3) is 0 Å². The molecule has 21 heavy (non-hydrogen) atoms. The summed E-state index contributed by atoms with van der Waals surface area (Å²) in [4.78, 5) is 0. The first-order valence-electron chi connectivity index (χ1n) is 7.94. The van der Waals surface area contributed by atoms with E-state index in [0.717, 1.165) is 37.3 Å². The van der Waals surface area contributed by atoms with Crippen LogP contribution in [0.1, 0.15) is 53.0 Å². The number of hydrogen-bond acceptors (Lipinski definition) is 3. The molecule has 3 heteroatoms. The molecule has 0 aliphatic rings. The Balaban J connectivity index is 2.45. The Bertz CT molecular complexity index is 424. The quantitative estimate of drug-likeness (QED) is 0.729. The van der Waals surface area contributed by atoms with Gasteiger partial charge < -0.3 is 14.8 Å². The SMILES string of the molecule is CCc1ccc(OC(C)CCCNC(C)(C)C)c(OC)c1. The number of benzene rings is 1. The predicted molar refractivity (Wildman–Crippen MR) is 89.5 cm³/mol. The Morgan fingerprint density at radius 3 is 2.48 bits per heavy atom. The van der Waals surface area contributed by atoms with Crippen LogP contribution in [0.3, 0.4) is 0 Å². The van der Waals surface area contributed by atoms with Crippen LogP contribution in [-0.4, -0.2) is 25.3 Å². The summed E-state index contributed by atoms with van der Waals surface area (Å²) in [5, 5.41) is 3.50. The molecule has 0 aliphatic heterocycles. The maximum Gasteiger partial charge on any atom is 0.161 e. The lowest BCUT2D eigenvalue weighted by molar-refractivity contribution is 0.197. The van der Waals surface area contributed by atoms with Gasteiger partial charge in [-0.05, 0) is 71.2 Å². The molecular weight excluding hydrogens is 262 g/mol. The van der Waals surface area contributed by atoms with Crippen molar-refractivity contribution in [3.8, 4) is 11.5 Å². The Kier molecular flexibility index (Phi) is 7.03. The number of ether oxygens (including phenoxy) is 2. The van der Waals surface area contributed by atoms with Crippen molar-refractivity contribution in [2.45, 2.75) is 65.5 Å². The average molecular weight is 293 g/mol. The monoisotopic (exact) mass is 293 g/mol. The lowest BCUT2D eigenvalue weighted by Gasteiger charge is -2.21. The predicted octanol–water partition coefficient (Wildman–Crippen LogP) is 4.19.